The molecule has 8 nitrogen and oxygen atoms in total. The molecule has 1 aliphatic rings. The average molecular weight is 360 g/mol. The highest BCUT2D eigenvalue weighted by Crippen LogP contribution is 2.33. The van der Waals surface area contributed by atoms with Crippen LogP contribution in [0.4, 0.5) is 0 Å². The van der Waals surface area contributed by atoms with Crippen molar-refractivity contribution in [2.75, 3.05) is 33.9 Å². The molecule has 140 valence electrons. The highest BCUT2D eigenvalue weighted by Gasteiger charge is 2.39. The van der Waals surface area contributed by atoms with Gasteiger partial charge in [-0.1, -0.05) is 13.8 Å². The van der Waals surface area contributed by atoms with Crippen LogP contribution in [0.1, 0.15) is 47.8 Å². The van der Waals surface area contributed by atoms with Crippen LogP contribution in [0.25, 0.3) is 0 Å². The van der Waals surface area contributed by atoms with E-state index < -0.39 is 0 Å². The van der Waals surface area contributed by atoms with Crippen LogP contribution in [0.2, 0.25) is 0 Å². The third-order valence-corrected chi connectivity index (χ3v) is 4.57. The zero-order valence-corrected chi connectivity index (χ0v) is 15.5. The number of aromatic nitrogens is 3. The highest BCUT2D eigenvalue weighted by atomic mass is 16.5. The molecule has 0 unspecified atom stereocenters. The molecule has 1 fully saturated rings. The predicted molar refractivity (Wildman–Crippen MR) is 93.2 cm³/mol. The quantitative estimate of drug-likeness (QED) is 0.779. The average Bonchev–Trinajstić information content (AvgIpc) is 3.28. The lowest BCUT2D eigenvalue weighted by Gasteiger charge is -2.16. The van der Waals surface area contributed by atoms with Gasteiger partial charge >= 0.3 is 0 Å². The number of amides is 1. The molecule has 8 heteroatoms. The van der Waals surface area contributed by atoms with Crippen LogP contribution in [0.3, 0.4) is 0 Å². The molecule has 0 radical (unpaired) electrons. The number of pyridine rings is 1. The summed E-state index contributed by atoms with van der Waals surface area (Å²) in [7, 11) is 3.20. The van der Waals surface area contributed by atoms with Crippen molar-refractivity contribution in [3.05, 3.63) is 35.7 Å². The normalized spacial score (nSPS) is 20.0. The lowest BCUT2D eigenvalue weighted by atomic mass is 9.97. The number of hydrogen-bond donors (Lipinski definition) is 0. The van der Waals surface area contributed by atoms with E-state index >= 15 is 0 Å². The second kappa shape index (κ2) is 7.82. The van der Waals surface area contributed by atoms with Crippen molar-refractivity contribution in [2.45, 2.75) is 25.7 Å². The van der Waals surface area contributed by atoms with E-state index in [1.165, 1.54) is 6.20 Å². The molecular formula is C18H24N4O4. The van der Waals surface area contributed by atoms with Gasteiger partial charge in [0.15, 0.2) is 0 Å². The molecule has 0 saturated carbocycles. The number of likely N-dealkylation sites (tertiary alicyclic amines) is 1. The van der Waals surface area contributed by atoms with E-state index in [0.717, 1.165) is 0 Å². The van der Waals surface area contributed by atoms with Gasteiger partial charge in [0, 0.05) is 44.3 Å². The first kappa shape index (κ1) is 18.3. The van der Waals surface area contributed by atoms with Gasteiger partial charge in [0.2, 0.25) is 17.7 Å². The van der Waals surface area contributed by atoms with E-state index in [2.05, 4.69) is 15.2 Å². The largest absolute Gasteiger partial charge is 0.481 e. The van der Waals surface area contributed by atoms with Crippen LogP contribution in [0, 0.1) is 5.92 Å². The van der Waals surface area contributed by atoms with Gasteiger partial charge in [0.05, 0.1) is 25.2 Å². The summed E-state index contributed by atoms with van der Waals surface area (Å²) in [6.45, 7) is 5.62. The lowest BCUT2D eigenvalue weighted by Crippen LogP contribution is -2.29. The van der Waals surface area contributed by atoms with Gasteiger partial charge in [-0.25, -0.2) is 4.98 Å². The lowest BCUT2D eigenvalue weighted by molar-refractivity contribution is 0.0775. The summed E-state index contributed by atoms with van der Waals surface area (Å²) in [4.78, 5) is 18.7. The van der Waals surface area contributed by atoms with Gasteiger partial charge in [0.25, 0.3) is 5.91 Å². The van der Waals surface area contributed by atoms with Crippen molar-refractivity contribution >= 4 is 5.91 Å². The van der Waals surface area contributed by atoms with Crippen LogP contribution in [-0.4, -0.2) is 59.9 Å². The van der Waals surface area contributed by atoms with E-state index in [1.54, 1.807) is 31.3 Å². The number of hydrogen-bond acceptors (Lipinski definition) is 7. The van der Waals surface area contributed by atoms with Gasteiger partial charge in [-0.2, -0.15) is 0 Å². The first-order valence-electron chi connectivity index (χ1n) is 8.65. The molecular weight excluding hydrogens is 336 g/mol. The van der Waals surface area contributed by atoms with Gasteiger partial charge < -0.3 is 18.8 Å². The van der Waals surface area contributed by atoms with Crippen molar-refractivity contribution < 1.29 is 18.7 Å². The highest BCUT2D eigenvalue weighted by molar-refractivity contribution is 5.94. The summed E-state index contributed by atoms with van der Waals surface area (Å²) in [5, 5.41) is 8.32. The second-order valence-corrected chi connectivity index (χ2v) is 6.75. The summed E-state index contributed by atoms with van der Waals surface area (Å²) in [5.41, 5.74) is 0.524. The Morgan fingerprint density at radius 2 is 2.12 bits per heavy atom. The van der Waals surface area contributed by atoms with Crippen molar-refractivity contribution in [1.82, 2.24) is 20.1 Å². The fourth-order valence-electron chi connectivity index (χ4n) is 3.14. The predicted octanol–water partition coefficient (Wildman–Crippen LogP) is 2.10. The number of methoxy groups -OCH3 is 2. The van der Waals surface area contributed by atoms with E-state index in [1.807, 2.05) is 13.8 Å². The maximum absolute atomic E-state index is 12.8. The van der Waals surface area contributed by atoms with Crippen molar-refractivity contribution in [2.24, 2.45) is 5.92 Å². The van der Waals surface area contributed by atoms with Crippen LogP contribution in [0.15, 0.2) is 22.7 Å². The minimum atomic E-state index is -0.0765. The summed E-state index contributed by atoms with van der Waals surface area (Å²) in [5.74, 6) is 1.82. The van der Waals surface area contributed by atoms with E-state index in [4.69, 9.17) is 13.9 Å². The number of carbonyl (C=O) groups excluding carboxylic acids is 1. The van der Waals surface area contributed by atoms with Crippen LogP contribution in [-0.2, 0) is 4.74 Å². The molecule has 0 N–H and O–H groups in total. The Morgan fingerprint density at radius 3 is 2.69 bits per heavy atom. The standard InChI is InChI=1S/C18H24N4O4/c1-11(2)16-20-21-17(26-16)14-9-22(8-13(14)10-24-3)18(23)12-5-6-15(25-4)19-7-12/h5-7,11,13-14H,8-10H2,1-4H3/t13-,14+/m0/s1. The summed E-state index contributed by atoms with van der Waals surface area (Å²) in [6.07, 6.45) is 1.53. The Bertz CT molecular complexity index is 744. The fourth-order valence-corrected chi connectivity index (χ4v) is 3.14. The number of nitrogens with zero attached hydrogens (tertiary/aromatic N) is 4. The van der Waals surface area contributed by atoms with Crippen molar-refractivity contribution in [1.29, 1.82) is 0 Å². The second-order valence-electron chi connectivity index (χ2n) is 6.75. The zero-order valence-electron chi connectivity index (χ0n) is 15.5. The first-order chi connectivity index (χ1) is 12.5. The minimum absolute atomic E-state index is 0.0369. The van der Waals surface area contributed by atoms with Crippen LogP contribution < -0.4 is 4.74 Å². The van der Waals surface area contributed by atoms with Crippen molar-refractivity contribution in [3.8, 4) is 5.88 Å². The molecule has 0 aliphatic carbocycles. The van der Waals surface area contributed by atoms with Gasteiger partial charge in [-0.3, -0.25) is 4.79 Å². The molecule has 2 aromatic heterocycles. The third kappa shape index (κ3) is 3.70. The number of rotatable bonds is 6. The molecule has 0 bridgehead atoms. The summed E-state index contributed by atoms with van der Waals surface area (Å²) >= 11 is 0. The minimum Gasteiger partial charge on any atom is -0.481 e. The molecule has 3 rings (SSSR count). The molecule has 1 aliphatic heterocycles. The monoisotopic (exact) mass is 360 g/mol. The Labute approximate surface area is 152 Å². The smallest absolute Gasteiger partial charge is 0.255 e. The maximum atomic E-state index is 12.8. The molecule has 0 aromatic carbocycles. The molecule has 3 heterocycles. The number of ether oxygens (including phenoxy) is 2. The molecule has 26 heavy (non-hydrogen) atoms. The third-order valence-electron chi connectivity index (χ3n) is 4.57. The van der Waals surface area contributed by atoms with Gasteiger partial charge in [-0.05, 0) is 6.07 Å². The number of carbonyl (C=O) groups is 1. The fraction of sp³-hybridized carbons (Fsp3) is 0.556. The molecule has 2 atom stereocenters. The topological polar surface area (TPSA) is 90.6 Å². The SMILES string of the molecule is COC[C@@H]1CN(C(=O)c2ccc(OC)nc2)C[C@H]1c1nnc(C(C)C)o1. The van der Waals surface area contributed by atoms with Crippen molar-refractivity contribution in [3.63, 3.8) is 0 Å². The Balaban J connectivity index is 1.78. The summed E-state index contributed by atoms with van der Waals surface area (Å²) in [6, 6.07) is 3.40. The Kier molecular flexibility index (Phi) is 5.51. The van der Waals surface area contributed by atoms with E-state index in [0.29, 0.717) is 42.9 Å². The Morgan fingerprint density at radius 1 is 1.31 bits per heavy atom. The molecule has 1 amide bonds. The van der Waals surface area contributed by atoms with Gasteiger partial charge in [0.1, 0.15) is 0 Å². The molecule has 1 saturated heterocycles. The first-order valence-corrected chi connectivity index (χ1v) is 8.65. The Hall–Kier alpha value is -2.48. The van der Waals surface area contributed by atoms with Crippen LogP contribution >= 0.6 is 0 Å². The van der Waals surface area contributed by atoms with E-state index in [-0.39, 0.29) is 23.7 Å². The van der Waals surface area contributed by atoms with Gasteiger partial charge in [-0.15, -0.1) is 10.2 Å². The summed E-state index contributed by atoms with van der Waals surface area (Å²) < 4.78 is 16.2. The zero-order chi connectivity index (χ0) is 18.7. The molecule has 0 spiro atoms. The van der Waals surface area contributed by atoms with E-state index in [9.17, 15) is 4.79 Å². The van der Waals surface area contributed by atoms with Crippen LogP contribution in [0.5, 0.6) is 5.88 Å². The molecule has 2 aromatic rings. The maximum Gasteiger partial charge on any atom is 0.255 e.